The molecule has 0 atom stereocenters. The molecule has 0 fully saturated rings. The van der Waals surface area contributed by atoms with Crippen LogP contribution in [0.2, 0.25) is 0 Å². The van der Waals surface area contributed by atoms with Gasteiger partial charge in [-0.25, -0.2) is 0 Å². The van der Waals surface area contributed by atoms with Crippen molar-refractivity contribution in [3.8, 4) is 44.5 Å². The van der Waals surface area contributed by atoms with E-state index in [0.29, 0.717) is 0 Å². The van der Waals surface area contributed by atoms with Crippen LogP contribution < -0.4 is 9.80 Å². The monoisotopic (exact) mass is 942 g/mol. The first-order valence-corrected chi connectivity index (χ1v) is 26.2. The highest BCUT2D eigenvalue weighted by Crippen LogP contribution is 2.53. The van der Waals surface area contributed by atoms with E-state index < -0.39 is 0 Å². The molecule has 11 aromatic rings. The summed E-state index contributed by atoms with van der Waals surface area (Å²) < 4.78 is 0. The van der Waals surface area contributed by atoms with Crippen LogP contribution in [0.25, 0.3) is 66.1 Å². The smallest absolute Gasteiger partial charge is 0.0569 e. The lowest BCUT2D eigenvalue weighted by Gasteiger charge is -2.35. The standard InChI is InChI=1S/C69H56N2.C2H6/c1-46(2)63-45-65(71(57-34-20-32-55(44-57)50-25-11-6-12-26-50)69-48(4)22-18-36-59(69)52-29-15-8-16-30-52)62-39-37-53-38-42-64(61-41-40-60(63)67(62)66(53)61)70(56-33-19-31-54(43-56)49-23-9-5-10-24-49)68-47(3)21-17-35-58(68)51-27-13-7-14-28-51;1-2/h5-36,38,40-46H,37,39H2,1-4H3;1-2H3. The molecule has 1 aliphatic rings. The maximum absolute atomic E-state index is 2.61. The van der Waals surface area contributed by atoms with Crippen molar-refractivity contribution in [2.24, 2.45) is 0 Å². The number of para-hydroxylation sites is 2. The summed E-state index contributed by atoms with van der Waals surface area (Å²) in [5.41, 5.74) is 23.3. The molecule has 0 heterocycles. The molecule has 0 saturated carbocycles. The molecule has 0 amide bonds. The summed E-state index contributed by atoms with van der Waals surface area (Å²) in [6.45, 7) is 13.3. The molecular formula is C71H62N2. The summed E-state index contributed by atoms with van der Waals surface area (Å²) in [6, 6.07) is 87.5. The maximum Gasteiger partial charge on any atom is 0.0569 e. The molecule has 0 unspecified atom stereocenters. The van der Waals surface area contributed by atoms with Gasteiger partial charge in [0, 0.05) is 27.9 Å². The van der Waals surface area contributed by atoms with Gasteiger partial charge >= 0.3 is 0 Å². The molecule has 0 aliphatic heterocycles. The lowest BCUT2D eigenvalue weighted by atomic mass is 9.81. The van der Waals surface area contributed by atoms with Gasteiger partial charge in [0.15, 0.2) is 0 Å². The van der Waals surface area contributed by atoms with Gasteiger partial charge in [-0.2, -0.15) is 0 Å². The number of hydrogen-bond acceptors (Lipinski definition) is 2. The van der Waals surface area contributed by atoms with Gasteiger partial charge < -0.3 is 9.80 Å². The average Bonchev–Trinajstić information content (AvgIpc) is 3.45. The number of rotatable bonds is 11. The molecule has 11 aromatic carbocycles. The van der Waals surface area contributed by atoms with Crippen molar-refractivity contribution in [1.82, 2.24) is 0 Å². The Kier molecular flexibility index (Phi) is 13.1. The predicted molar refractivity (Wildman–Crippen MR) is 315 cm³/mol. The average molecular weight is 943 g/mol. The third-order valence-corrected chi connectivity index (χ3v) is 14.7. The van der Waals surface area contributed by atoms with Gasteiger partial charge in [0.1, 0.15) is 0 Å². The molecule has 12 rings (SSSR count). The van der Waals surface area contributed by atoms with E-state index >= 15 is 0 Å². The fraction of sp³-hybridized carbons (Fsp3) is 0.127. The van der Waals surface area contributed by atoms with Crippen LogP contribution in [-0.4, -0.2) is 0 Å². The van der Waals surface area contributed by atoms with Gasteiger partial charge in [0.05, 0.1) is 22.7 Å². The molecule has 0 spiro atoms. The third-order valence-electron chi connectivity index (χ3n) is 14.7. The van der Waals surface area contributed by atoms with E-state index in [1.165, 1.54) is 117 Å². The van der Waals surface area contributed by atoms with E-state index in [1.54, 1.807) is 0 Å². The summed E-state index contributed by atoms with van der Waals surface area (Å²) in [7, 11) is 0. The largest absolute Gasteiger partial charge is 0.309 e. The summed E-state index contributed by atoms with van der Waals surface area (Å²) in [4.78, 5) is 5.16. The normalized spacial score (nSPS) is 11.7. The zero-order chi connectivity index (χ0) is 50.0. The summed E-state index contributed by atoms with van der Waals surface area (Å²) >= 11 is 0. The van der Waals surface area contributed by atoms with Crippen molar-refractivity contribution in [3.63, 3.8) is 0 Å². The Morgan fingerprint density at radius 3 is 1.29 bits per heavy atom. The van der Waals surface area contributed by atoms with Crippen LogP contribution in [0.15, 0.2) is 237 Å². The van der Waals surface area contributed by atoms with Crippen molar-refractivity contribution in [1.29, 1.82) is 0 Å². The second-order valence-corrected chi connectivity index (χ2v) is 19.5. The lowest BCUT2D eigenvalue weighted by Crippen LogP contribution is -2.18. The molecule has 73 heavy (non-hydrogen) atoms. The van der Waals surface area contributed by atoms with E-state index in [0.717, 1.165) is 24.2 Å². The highest BCUT2D eigenvalue weighted by atomic mass is 15.2. The summed E-state index contributed by atoms with van der Waals surface area (Å²) in [5, 5.41) is 5.33. The zero-order valence-electron chi connectivity index (χ0n) is 42.9. The van der Waals surface area contributed by atoms with Crippen LogP contribution >= 0.6 is 0 Å². The second-order valence-electron chi connectivity index (χ2n) is 19.5. The fourth-order valence-corrected chi connectivity index (χ4v) is 11.4. The zero-order valence-corrected chi connectivity index (χ0v) is 42.9. The van der Waals surface area contributed by atoms with Gasteiger partial charge in [-0.3, -0.25) is 0 Å². The first-order chi connectivity index (χ1) is 35.9. The molecule has 0 aromatic heterocycles. The van der Waals surface area contributed by atoms with Crippen LogP contribution in [0.4, 0.5) is 34.1 Å². The number of anilines is 6. The molecule has 0 radical (unpaired) electrons. The summed E-state index contributed by atoms with van der Waals surface area (Å²) in [5.74, 6) is 0.273. The third kappa shape index (κ3) is 8.68. The number of nitrogens with zero attached hydrogens (tertiary/aromatic N) is 2. The van der Waals surface area contributed by atoms with E-state index in [1.807, 2.05) is 13.8 Å². The van der Waals surface area contributed by atoms with Crippen LogP contribution in [0.1, 0.15) is 61.4 Å². The Bertz CT molecular complexity index is 3740. The Morgan fingerprint density at radius 1 is 0.356 bits per heavy atom. The summed E-state index contributed by atoms with van der Waals surface area (Å²) in [6.07, 6.45) is 1.87. The van der Waals surface area contributed by atoms with Crippen LogP contribution in [0.5, 0.6) is 0 Å². The minimum Gasteiger partial charge on any atom is -0.309 e. The predicted octanol–water partition coefficient (Wildman–Crippen LogP) is 20.5. The van der Waals surface area contributed by atoms with Gasteiger partial charge in [-0.05, 0) is 146 Å². The molecule has 2 heteroatoms. The quantitative estimate of drug-likeness (QED) is 0.119. The number of benzene rings is 11. The highest BCUT2D eigenvalue weighted by Gasteiger charge is 2.30. The molecule has 0 saturated heterocycles. The Balaban J connectivity index is 0.00000284. The van der Waals surface area contributed by atoms with Crippen molar-refractivity contribution in [3.05, 3.63) is 264 Å². The van der Waals surface area contributed by atoms with E-state index in [-0.39, 0.29) is 5.92 Å². The topological polar surface area (TPSA) is 6.48 Å². The minimum atomic E-state index is 0.273. The van der Waals surface area contributed by atoms with Gasteiger partial charge in [-0.1, -0.05) is 228 Å². The van der Waals surface area contributed by atoms with E-state index in [9.17, 15) is 0 Å². The fourth-order valence-electron chi connectivity index (χ4n) is 11.4. The first kappa shape index (κ1) is 46.9. The Morgan fingerprint density at radius 2 is 0.795 bits per heavy atom. The Hall–Kier alpha value is -8.46. The van der Waals surface area contributed by atoms with Crippen molar-refractivity contribution in [2.75, 3.05) is 9.80 Å². The highest BCUT2D eigenvalue weighted by molar-refractivity contribution is 6.19. The molecule has 0 N–H and O–H groups in total. The second kappa shape index (κ2) is 20.3. The molecule has 356 valence electrons. The van der Waals surface area contributed by atoms with Crippen molar-refractivity contribution in [2.45, 2.75) is 60.3 Å². The maximum atomic E-state index is 2.61. The van der Waals surface area contributed by atoms with Crippen LogP contribution in [0.3, 0.4) is 0 Å². The van der Waals surface area contributed by atoms with E-state index in [2.05, 4.69) is 274 Å². The SMILES string of the molecule is CC.Cc1cccc(-c2ccccc2)c1N(c1cccc(-c2ccccc2)c1)c1cc(C(C)C)c2ccc3c(N(c4cccc(-c5ccccc5)c4)c4c(C)cccc4-c4ccccc4)ccc4c3c2c1CC4. The van der Waals surface area contributed by atoms with Gasteiger partial charge in [0.2, 0.25) is 0 Å². The van der Waals surface area contributed by atoms with Gasteiger partial charge in [0.25, 0.3) is 0 Å². The minimum absolute atomic E-state index is 0.273. The lowest BCUT2D eigenvalue weighted by molar-refractivity contribution is 0.873. The van der Waals surface area contributed by atoms with Crippen LogP contribution in [0, 0.1) is 13.8 Å². The van der Waals surface area contributed by atoms with Gasteiger partial charge in [-0.15, -0.1) is 0 Å². The van der Waals surface area contributed by atoms with Crippen molar-refractivity contribution < 1.29 is 0 Å². The van der Waals surface area contributed by atoms with E-state index in [4.69, 9.17) is 0 Å². The van der Waals surface area contributed by atoms with Crippen LogP contribution in [-0.2, 0) is 12.8 Å². The molecular weight excluding hydrogens is 881 g/mol. The number of aryl methyl sites for hydroxylation is 4. The molecule has 0 bridgehead atoms. The Labute approximate surface area is 432 Å². The van der Waals surface area contributed by atoms with Crippen molar-refractivity contribution >= 4 is 55.7 Å². The molecule has 2 nitrogen and oxygen atoms in total. The number of hydrogen-bond donors (Lipinski definition) is 0. The first-order valence-electron chi connectivity index (χ1n) is 26.2. The molecule has 1 aliphatic carbocycles.